The number of hydrogen-bond acceptors (Lipinski definition) is 4. The van der Waals surface area contributed by atoms with Gasteiger partial charge in [-0.1, -0.05) is 12.1 Å². The van der Waals surface area contributed by atoms with Crippen molar-refractivity contribution in [3.63, 3.8) is 0 Å². The minimum Gasteiger partial charge on any atom is -0.478 e. The molecular weight excluding hydrogens is 322 g/mol. The van der Waals surface area contributed by atoms with Crippen LogP contribution < -0.4 is 0 Å². The first-order valence-electron chi connectivity index (χ1n) is 8.30. The third-order valence-electron chi connectivity index (χ3n) is 4.37. The van der Waals surface area contributed by atoms with Gasteiger partial charge in [0.1, 0.15) is 17.6 Å². The summed E-state index contributed by atoms with van der Waals surface area (Å²) in [5, 5.41) is 8.92. The van der Waals surface area contributed by atoms with E-state index in [0.29, 0.717) is 32.6 Å². The van der Waals surface area contributed by atoms with Crippen molar-refractivity contribution >= 4 is 11.9 Å². The van der Waals surface area contributed by atoms with E-state index in [2.05, 4.69) is 0 Å². The number of carboxylic acid groups (broad SMARTS) is 1. The van der Waals surface area contributed by atoms with Gasteiger partial charge in [0, 0.05) is 13.0 Å². The van der Waals surface area contributed by atoms with Crippen LogP contribution in [0.15, 0.2) is 40.8 Å². The smallest absolute Gasteiger partial charge is 0.335 e. The standard InChI is InChI=1S/C19H21NO5/c1-13-2-8-17(25-13)16-12-24-11-10-20(16)18(21)9-5-14-3-6-15(7-4-14)19(22)23/h2-4,6-8,16H,5,9-12H2,1H3,(H,22,23). The molecule has 1 unspecified atom stereocenters. The highest BCUT2D eigenvalue weighted by molar-refractivity contribution is 5.87. The van der Waals surface area contributed by atoms with Gasteiger partial charge in [-0.05, 0) is 43.2 Å². The Morgan fingerprint density at radius 2 is 1.96 bits per heavy atom. The lowest BCUT2D eigenvalue weighted by Gasteiger charge is -2.34. The second kappa shape index (κ2) is 7.53. The Kier molecular flexibility index (Phi) is 5.19. The Balaban J connectivity index is 1.63. The number of ether oxygens (including phenoxy) is 1. The highest BCUT2D eigenvalue weighted by atomic mass is 16.5. The van der Waals surface area contributed by atoms with Crippen molar-refractivity contribution in [2.75, 3.05) is 19.8 Å². The van der Waals surface area contributed by atoms with Crippen molar-refractivity contribution in [1.29, 1.82) is 0 Å². The Morgan fingerprint density at radius 1 is 1.20 bits per heavy atom. The fourth-order valence-electron chi connectivity index (χ4n) is 2.98. The number of carboxylic acids is 1. The van der Waals surface area contributed by atoms with Crippen LogP contribution >= 0.6 is 0 Å². The van der Waals surface area contributed by atoms with Crippen molar-refractivity contribution in [2.45, 2.75) is 25.8 Å². The maximum absolute atomic E-state index is 12.7. The number of amides is 1. The second-order valence-corrected chi connectivity index (χ2v) is 6.13. The molecule has 2 aromatic rings. The molecule has 1 N–H and O–H groups in total. The summed E-state index contributed by atoms with van der Waals surface area (Å²) in [5.74, 6) is 0.653. The minimum absolute atomic E-state index is 0.0460. The van der Waals surface area contributed by atoms with E-state index in [1.807, 2.05) is 24.0 Å². The number of rotatable bonds is 5. The average Bonchev–Trinajstić information content (AvgIpc) is 3.06. The molecule has 1 fully saturated rings. The van der Waals surface area contributed by atoms with Crippen molar-refractivity contribution in [1.82, 2.24) is 4.90 Å². The molecule has 1 saturated heterocycles. The summed E-state index contributed by atoms with van der Waals surface area (Å²) >= 11 is 0. The van der Waals surface area contributed by atoms with Crippen LogP contribution in [0.2, 0.25) is 0 Å². The molecule has 3 rings (SSSR count). The Morgan fingerprint density at radius 3 is 2.60 bits per heavy atom. The number of aryl methyl sites for hydroxylation is 2. The van der Waals surface area contributed by atoms with Gasteiger partial charge in [-0.3, -0.25) is 4.79 Å². The molecule has 0 spiro atoms. The van der Waals surface area contributed by atoms with Crippen LogP contribution in [0.25, 0.3) is 0 Å². The van der Waals surface area contributed by atoms with Gasteiger partial charge in [0.05, 0.1) is 18.8 Å². The van der Waals surface area contributed by atoms with E-state index in [4.69, 9.17) is 14.3 Å². The topological polar surface area (TPSA) is 80.0 Å². The minimum atomic E-state index is -0.951. The van der Waals surface area contributed by atoms with Crippen LogP contribution in [-0.4, -0.2) is 41.6 Å². The number of hydrogen-bond donors (Lipinski definition) is 1. The molecule has 1 atom stereocenters. The van der Waals surface area contributed by atoms with E-state index in [-0.39, 0.29) is 17.5 Å². The maximum atomic E-state index is 12.7. The largest absolute Gasteiger partial charge is 0.478 e. The highest BCUT2D eigenvalue weighted by Gasteiger charge is 2.30. The molecule has 6 heteroatoms. The van der Waals surface area contributed by atoms with Gasteiger partial charge < -0.3 is 19.2 Å². The van der Waals surface area contributed by atoms with Gasteiger partial charge >= 0.3 is 5.97 Å². The number of aromatic carboxylic acids is 1. The zero-order valence-electron chi connectivity index (χ0n) is 14.1. The van der Waals surface area contributed by atoms with E-state index in [1.54, 1.807) is 24.3 Å². The zero-order valence-corrected chi connectivity index (χ0v) is 14.1. The lowest BCUT2D eigenvalue weighted by Crippen LogP contribution is -2.43. The molecule has 1 aliphatic heterocycles. The maximum Gasteiger partial charge on any atom is 0.335 e. The van der Waals surface area contributed by atoms with E-state index < -0.39 is 5.97 Å². The van der Waals surface area contributed by atoms with Gasteiger partial charge in [-0.2, -0.15) is 0 Å². The predicted octanol–water partition coefficient (Wildman–Crippen LogP) is 2.82. The number of morpholine rings is 1. The lowest BCUT2D eigenvalue weighted by atomic mass is 10.1. The Labute approximate surface area is 146 Å². The van der Waals surface area contributed by atoms with Crippen molar-refractivity contribution in [3.8, 4) is 0 Å². The molecule has 1 aromatic carbocycles. The van der Waals surface area contributed by atoms with Crippen LogP contribution in [0.1, 0.15) is 39.9 Å². The van der Waals surface area contributed by atoms with E-state index in [1.165, 1.54) is 0 Å². The van der Waals surface area contributed by atoms with Crippen LogP contribution in [0.4, 0.5) is 0 Å². The third kappa shape index (κ3) is 4.09. The summed E-state index contributed by atoms with van der Waals surface area (Å²) in [6, 6.07) is 10.2. The highest BCUT2D eigenvalue weighted by Crippen LogP contribution is 2.26. The molecule has 1 amide bonds. The lowest BCUT2D eigenvalue weighted by molar-refractivity contribution is -0.141. The molecule has 1 aliphatic rings. The van der Waals surface area contributed by atoms with Crippen molar-refractivity contribution < 1.29 is 23.8 Å². The predicted molar refractivity (Wildman–Crippen MR) is 90.4 cm³/mol. The summed E-state index contributed by atoms with van der Waals surface area (Å²) in [7, 11) is 0. The third-order valence-corrected chi connectivity index (χ3v) is 4.37. The van der Waals surface area contributed by atoms with E-state index in [0.717, 1.165) is 17.1 Å². The number of furan rings is 1. The van der Waals surface area contributed by atoms with Crippen molar-refractivity contribution in [3.05, 3.63) is 59.0 Å². The first-order valence-corrected chi connectivity index (χ1v) is 8.30. The van der Waals surface area contributed by atoms with Crippen molar-refractivity contribution in [2.24, 2.45) is 0 Å². The Hall–Kier alpha value is -2.60. The number of nitrogens with zero attached hydrogens (tertiary/aromatic N) is 1. The van der Waals surface area contributed by atoms with Gasteiger partial charge in [-0.25, -0.2) is 4.79 Å². The fourth-order valence-corrected chi connectivity index (χ4v) is 2.98. The molecular formula is C19H21NO5. The van der Waals surface area contributed by atoms with E-state index in [9.17, 15) is 9.59 Å². The van der Waals surface area contributed by atoms with E-state index >= 15 is 0 Å². The molecule has 132 valence electrons. The molecule has 0 aliphatic carbocycles. The number of benzene rings is 1. The van der Waals surface area contributed by atoms with Gasteiger partial charge in [0.25, 0.3) is 0 Å². The first kappa shape index (κ1) is 17.2. The van der Waals surface area contributed by atoms with Crippen LogP contribution in [0.5, 0.6) is 0 Å². The Bertz CT molecular complexity index is 749. The summed E-state index contributed by atoms with van der Waals surface area (Å²) in [6.07, 6.45) is 0.933. The average molecular weight is 343 g/mol. The first-order chi connectivity index (χ1) is 12.0. The van der Waals surface area contributed by atoms with Gasteiger partial charge in [0.15, 0.2) is 0 Å². The van der Waals surface area contributed by atoms with Gasteiger partial charge in [0.2, 0.25) is 5.91 Å². The number of carbonyl (C=O) groups excluding carboxylic acids is 1. The molecule has 0 radical (unpaired) electrons. The second-order valence-electron chi connectivity index (χ2n) is 6.13. The quantitative estimate of drug-likeness (QED) is 0.903. The molecule has 0 bridgehead atoms. The molecule has 6 nitrogen and oxygen atoms in total. The fraction of sp³-hybridized carbons (Fsp3) is 0.368. The summed E-state index contributed by atoms with van der Waals surface area (Å²) in [5.41, 5.74) is 1.19. The molecule has 2 heterocycles. The van der Waals surface area contributed by atoms with Crippen LogP contribution in [-0.2, 0) is 16.0 Å². The summed E-state index contributed by atoms with van der Waals surface area (Å²) in [4.78, 5) is 25.4. The normalized spacial score (nSPS) is 17.5. The molecule has 25 heavy (non-hydrogen) atoms. The summed E-state index contributed by atoms with van der Waals surface area (Å²) < 4.78 is 11.2. The van der Waals surface area contributed by atoms with Crippen LogP contribution in [0, 0.1) is 6.92 Å². The summed E-state index contributed by atoms with van der Waals surface area (Å²) in [6.45, 7) is 3.38. The number of carbonyl (C=O) groups is 2. The molecule has 0 saturated carbocycles. The van der Waals surface area contributed by atoms with Gasteiger partial charge in [-0.15, -0.1) is 0 Å². The van der Waals surface area contributed by atoms with Crippen LogP contribution in [0.3, 0.4) is 0 Å². The molecule has 1 aromatic heterocycles. The zero-order chi connectivity index (χ0) is 17.8. The SMILES string of the molecule is Cc1ccc(C2COCCN2C(=O)CCc2ccc(C(=O)O)cc2)o1. The monoisotopic (exact) mass is 343 g/mol.